The first-order valence-corrected chi connectivity index (χ1v) is 12.3. The number of hydrogen-bond acceptors (Lipinski definition) is 4. The molecule has 3 aromatic rings. The average molecular weight is 467 g/mol. The van der Waals surface area contributed by atoms with Crippen LogP contribution < -0.4 is 14.8 Å². The van der Waals surface area contributed by atoms with E-state index in [-0.39, 0.29) is 10.8 Å². The average Bonchev–Trinajstić information content (AvgIpc) is 2.76. The molecule has 0 aliphatic heterocycles. The van der Waals surface area contributed by atoms with Crippen molar-refractivity contribution >= 4 is 27.3 Å². The predicted octanol–water partition coefficient (Wildman–Crippen LogP) is 5.52. The monoisotopic (exact) mass is 466 g/mol. The van der Waals surface area contributed by atoms with Gasteiger partial charge < -0.3 is 10.1 Å². The Balaban J connectivity index is 1.68. The number of carbonyl (C=O) groups is 1. The zero-order chi connectivity index (χ0) is 24.2. The summed E-state index contributed by atoms with van der Waals surface area (Å²) in [6, 6.07) is 17.3. The van der Waals surface area contributed by atoms with Crippen molar-refractivity contribution in [3.63, 3.8) is 0 Å². The van der Waals surface area contributed by atoms with Crippen LogP contribution in [0.2, 0.25) is 0 Å². The van der Waals surface area contributed by atoms with Crippen LogP contribution in [-0.4, -0.2) is 20.4 Å². The molecule has 1 atom stereocenters. The van der Waals surface area contributed by atoms with Crippen LogP contribution in [0.15, 0.2) is 65.6 Å². The maximum atomic E-state index is 12.8. The van der Waals surface area contributed by atoms with E-state index >= 15 is 0 Å². The summed E-state index contributed by atoms with van der Waals surface area (Å²) in [7, 11) is -3.75. The van der Waals surface area contributed by atoms with Gasteiger partial charge in [0, 0.05) is 5.69 Å². The molecule has 0 radical (unpaired) electrons. The molecule has 0 saturated carbocycles. The number of benzene rings is 3. The van der Waals surface area contributed by atoms with Gasteiger partial charge in [0.1, 0.15) is 5.75 Å². The minimum absolute atomic E-state index is 0.110. The number of nitrogens with one attached hydrogen (secondary N) is 2. The number of carbonyl (C=O) groups excluding carboxylic acids is 1. The first-order chi connectivity index (χ1) is 15.6. The van der Waals surface area contributed by atoms with Gasteiger partial charge in [0.05, 0.1) is 10.6 Å². The van der Waals surface area contributed by atoms with E-state index in [1.54, 1.807) is 18.2 Å². The summed E-state index contributed by atoms with van der Waals surface area (Å²) < 4.78 is 34.0. The molecule has 2 N–H and O–H groups in total. The van der Waals surface area contributed by atoms with E-state index in [1.165, 1.54) is 12.1 Å². The Morgan fingerprint density at radius 3 is 2.18 bits per heavy atom. The van der Waals surface area contributed by atoms with Gasteiger partial charge >= 0.3 is 0 Å². The van der Waals surface area contributed by atoms with Gasteiger partial charge in [-0.1, -0.05) is 30.7 Å². The first kappa shape index (κ1) is 24.3. The second-order valence-electron chi connectivity index (χ2n) is 8.20. The highest BCUT2D eigenvalue weighted by atomic mass is 32.2. The lowest BCUT2D eigenvalue weighted by Gasteiger charge is -2.18. The Hall–Kier alpha value is -3.32. The van der Waals surface area contributed by atoms with E-state index in [2.05, 4.69) is 10.0 Å². The number of amides is 1. The van der Waals surface area contributed by atoms with Gasteiger partial charge in [0.15, 0.2) is 6.10 Å². The molecule has 0 aliphatic carbocycles. The molecule has 3 aromatic carbocycles. The van der Waals surface area contributed by atoms with Gasteiger partial charge in [-0.2, -0.15) is 0 Å². The maximum absolute atomic E-state index is 12.8. The molecule has 0 aromatic heterocycles. The summed E-state index contributed by atoms with van der Waals surface area (Å²) in [6.45, 7) is 9.69. The van der Waals surface area contributed by atoms with Gasteiger partial charge in [0.2, 0.25) is 0 Å². The van der Waals surface area contributed by atoms with Crippen molar-refractivity contribution in [1.82, 2.24) is 0 Å². The molecule has 0 fully saturated rings. The molecule has 0 unspecified atom stereocenters. The Labute approximate surface area is 196 Å². The molecular weight excluding hydrogens is 436 g/mol. The smallest absolute Gasteiger partial charge is 0.265 e. The van der Waals surface area contributed by atoms with Crippen LogP contribution in [0, 0.1) is 27.7 Å². The Bertz CT molecular complexity index is 1250. The van der Waals surface area contributed by atoms with Gasteiger partial charge in [-0.15, -0.1) is 0 Å². The second kappa shape index (κ2) is 10.1. The Morgan fingerprint density at radius 2 is 1.58 bits per heavy atom. The number of hydrogen-bond donors (Lipinski definition) is 2. The van der Waals surface area contributed by atoms with E-state index < -0.39 is 16.1 Å². The third-order valence-corrected chi connectivity index (χ3v) is 6.86. The molecular formula is C26H30N2O4S. The highest BCUT2D eigenvalue weighted by Crippen LogP contribution is 2.23. The van der Waals surface area contributed by atoms with Crippen molar-refractivity contribution in [3.05, 3.63) is 82.9 Å². The van der Waals surface area contributed by atoms with Crippen molar-refractivity contribution in [2.24, 2.45) is 0 Å². The standard InChI is InChI=1S/C26H30N2O4S/c1-6-25(32-22-11-8-18(3)19(4)16-22)26(29)27-21-9-12-23(13-10-21)33(30,31)28-24-14-7-17(2)15-20(24)5/h7-16,25,28H,6H2,1-5H3,(H,27,29)/t25-/m0/s1. The zero-order valence-electron chi connectivity index (χ0n) is 19.6. The number of ether oxygens (including phenoxy) is 1. The van der Waals surface area contributed by atoms with Crippen LogP contribution in [0.5, 0.6) is 5.75 Å². The van der Waals surface area contributed by atoms with Crippen molar-refractivity contribution < 1.29 is 17.9 Å². The summed E-state index contributed by atoms with van der Waals surface area (Å²) in [5.41, 5.74) is 5.18. The highest BCUT2D eigenvalue weighted by Gasteiger charge is 2.20. The second-order valence-corrected chi connectivity index (χ2v) is 9.88. The summed E-state index contributed by atoms with van der Waals surface area (Å²) in [6.07, 6.45) is -0.174. The molecule has 174 valence electrons. The Morgan fingerprint density at radius 1 is 0.879 bits per heavy atom. The summed E-state index contributed by atoms with van der Waals surface area (Å²) in [5.74, 6) is 0.346. The first-order valence-electron chi connectivity index (χ1n) is 10.8. The molecule has 33 heavy (non-hydrogen) atoms. The molecule has 0 spiro atoms. The minimum atomic E-state index is -3.75. The quantitative estimate of drug-likeness (QED) is 0.458. The van der Waals surface area contributed by atoms with Crippen LogP contribution in [0.25, 0.3) is 0 Å². The van der Waals surface area contributed by atoms with Gasteiger partial charge in [-0.25, -0.2) is 8.42 Å². The third-order valence-electron chi connectivity index (χ3n) is 5.48. The SMILES string of the molecule is CC[C@H](Oc1ccc(C)c(C)c1)C(=O)Nc1ccc(S(=O)(=O)Nc2ccc(C)cc2C)cc1. The van der Waals surface area contributed by atoms with E-state index in [1.807, 2.05) is 65.0 Å². The molecule has 0 saturated heterocycles. The van der Waals surface area contributed by atoms with Gasteiger partial charge in [-0.3, -0.25) is 9.52 Å². The van der Waals surface area contributed by atoms with Gasteiger partial charge in [-0.05, 0) is 93.3 Å². The Kier molecular flexibility index (Phi) is 7.43. The van der Waals surface area contributed by atoms with Crippen LogP contribution in [0.1, 0.15) is 35.6 Å². The highest BCUT2D eigenvalue weighted by molar-refractivity contribution is 7.92. The normalized spacial score (nSPS) is 12.2. The lowest BCUT2D eigenvalue weighted by atomic mass is 10.1. The molecule has 3 rings (SSSR count). The van der Waals surface area contributed by atoms with Crippen LogP contribution in [0.3, 0.4) is 0 Å². The number of rotatable bonds is 8. The summed E-state index contributed by atoms with van der Waals surface area (Å²) in [5, 5.41) is 2.80. The largest absolute Gasteiger partial charge is 0.481 e. The lowest BCUT2D eigenvalue weighted by molar-refractivity contribution is -0.122. The predicted molar refractivity (Wildman–Crippen MR) is 132 cm³/mol. The minimum Gasteiger partial charge on any atom is -0.481 e. The summed E-state index contributed by atoms with van der Waals surface area (Å²) in [4.78, 5) is 12.8. The van der Waals surface area contributed by atoms with Crippen molar-refractivity contribution in [2.45, 2.75) is 52.0 Å². The number of anilines is 2. The molecule has 0 heterocycles. The van der Waals surface area contributed by atoms with Crippen molar-refractivity contribution in [3.8, 4) is 5.75 Å². The molecule has 1 amide bonds. The fourth-order valence-corrected chi connectivity index (χ4v) is 4.48. The molecule has 0 aliphatic rings. The molecule has 7 heteroatoms. The molecule has 6 nitrogen and oxygen atoms in total. The summed E-state index contributed by atoms with van der Waals surface area (Å²) >= 11 is 0. The zero-order valence-corrected chi connectivity index (χ0v) is 20.4. The number of sulfonamides is 1. The topological polar surface area (TPSA) is 84.5 Å². The fraction of sp³-hybridized carbons (Fsp3) is 0.269. The van der Waals surface area contributed by atoms with Crippen molar-refractivity contribution in [1.29, 1.82) is 0 Å². The van der Waals surface area contributed by atoms with Crippen molar-refractivity contribution in [2.75, 3.05) is 10.0 Å². The van der Waals surface area contributed by atoms with Gasteiger partial charge in [0.25, 0.3) is 15.9 Å². The van der Waals surface area contributed by atoms with Crippen LogP contribution in [0.4, 0.5) is 11.4 Å². The fourth-order valence-electron chi connectivity index (χ4n) is 3.35. The third kappa shape index (κ3) is 6.14. The van der Waals surface area contributed by atoms with E-state index in [0.717, 1.165) is 22.3 Å². The lowest BCUT2D eigenvalue weighted by Crippen LogP contribution is -2.32. The van der Waals surface area contributed by atoms with E-state index in [4.69, 9.17) is 4.74 Å². The van der Waals surface area contributed by atoms with E-state index in [9.17, 15) is 13.2 Å². The molecule has 0 bridgehead atoms. The van der Waals surface area contributed by atoms with Crippen LogP contribution in [-0.2, 0) is 14.8 Å². The van der Waals surface area contributed by atoms with E-state index in [0.29, 0.717) is 23.5 Å². The van der Waals surface area contributed by atoms with Crippen LogP contribution >= 0.6 is 0 Å². The number of aryl methyl sites for hydroxylation is 4. The maximum Gasteiger partial charge on any atom is 0.265 e.